The molecule has 2 aromatic heterocycles. The number of esters is 1. The molecule has 0 aliphatic rings. The Labute approximate surface area is 170 Å². The molecule has 0 amide bonds. The number of hydrogen-bond acceptors (Lipinski definition) is 8. The molecule has 0 atom stereocenters. The number of nitrogens with one attached hydrogen (secondary N) is 1. The van der Waals surface area contributed by atoms with E-state index in [0.717, 1.165) is 11.4 Å². The number of aromatic nitrogens is 2. The largest absolute Gasteiger partial charge is 0.461 e. The van der Waals surface area contributed by atoms with E-state index in [1.54, 1.807) is 6.92 Å². The number of rotatable bonds is 7. The highest BCUT2D eigenvalue weighted by Crippen LogP contribution is 2.30. The predicted molar refractivity (Wildman–Crippen MR) is 110 cm³/mol. The van der Waals surface area contributed by atoms with Gasteiger partial charge in [-0.05, 0) is 31.2 Å². The molecular formula is C21H17N3O4S. The molecule has 0 radical (unpaired) electrons. The monoisotopic (exact) mass is 407 g/mol. The first-order valence-corrected chi connectivity index (χ1v) is 9.79. The van der Waals surface area contributed by atoms with E-state index in [-0.39, 0.29) is 12.3 Å². The number of carbonyl (C=O) groups is 1. The van der Waals surface area contributed by atoms with Gasteiger partial charge in [0, 0.05) is 23.2 Å². The summed E-state index contributed by atoms with van der Waals surface area (Å²) in [5, 5.41) is 9.47. The van der Waals surface area contributed by atoms with Crippen molar-refractivity contribution >= 4 is 28.1 Å². The summed E-state index contributed by atoms with van der Waals surface area (Å²) in [5.74, 6) is 1.36. The van der Waals surface area contributed by atoms with Gasteiger partial charge in [-0.15, -0.1) is 11.3 Å². The van der Waals surface area contributed by atoms with Crippen molar-refractivity contribution in [1.82, 2.24) is 10.1 Å². The Kier molecular flexibility index (Phi) is 5.53. The smallest absolute Gasteiger partial charge is 0.360 e. The van der Waals surface area contributed by atoms with Gasteiger partial charge in [-0.1, -0.05) is 29.4 Å². The van der Waals surface area contributed by atoms with Gasteiger partial charge in [-0.3, -0.25) is 0 Å². The molecule has 0 spiro atoms. The van der Waals surface area contributed by atoms with Crippen LogP contribution in [-0.2, 0) is 4.74 Å². The van der Waals surface area contributed by atoms with Crippen molar-refractivity contribution in [2.24, 2.45) is 0 Å². The third-order valence-electron chi connectivity index (χ3n) is 3.82. The van der Waals surface area contributed by atoms with E-state index in [1.807, 2.05) is 60.0 Å². The van der Waals surface area contributed by atoms with E-state index in [4.69, 9.17) is 14.0 Å². The molecule has 0 saturated carbocycles. The molecule has 146 valence electrons. The highest BCUT2D eigenvalue weighted by Gasteiger charge is 2.16. The van der Waals surface area contributed by atoms with Crippen molar-refractivity contribution in [3.05, 3.63) is 71.7 Å². The minimum Gasteiger partial charge on any atom is -0.461 e. The first kappa shape index (κ1) is 18.7. The van der Waals surface area contributed by atoms with Gasteiger partial charge in [0.25, 0.3) is 0 Å². The van der Waals surface area contributed by atoms with E-state index in [2.05, 4.69) is 15.5 Å². The first-order valence-electron chi connectivity index (χ1n) is 8.91. The van der Waals surface area contributed by atoms with Gasteiger partial charge in [-0.25, -0.2) is 9.78 Å². The van der Waals surface area contributed by atoms with Crippen LogP contribution in [0.15, 0.2) is 70.6 Å². The van der Waals surface area contributed by atoms with Gasteiger partial charge in [-0.2, -0.15) is 0 Å². The van der Waals surface area contributed by atoms with E-state index in [0.29, 0.717) is 22.3 Å². The standard InChI is InChI=1S/C21H17N3O4S/c1-2-26-20(25)17-12-19(28-24-17)18-13-29-21(23-18)22-14-7-6-10-16(11-14)27-15-8-4-3-5-9-15/h3-13H,2H2,1H3,(H,22,23). The lowest BCUT2D eigenvalue weighted by atomic mass is 10.3. The maximum Gasteiger partial charge on any atom is 0.360 e. The van der Waals surface area contributed by atoms with Crippen LogP contribution in [0, 0.1) is 0 Å². The Bertz CT molecular complexity index is 1110. The average molecular weight is 407 g/mol. The van der Waals surface area contributed by atoms with Crippen LogP contribution in [0.5, 0.6) is 11.5 Å². The molecule has 4 aromatic rings. The topological polar surface area (TPSA) is 86.5 Å². The minimum absolute atomic E-state index is 0.120. The third kappa shape index (κ3) is 4.61. The van der Waals surface area contributed by atoms with Crippen LogP contribution in [-0.4, -0.2) is 22.7 Å². The van der Waals surface area contributed by atoms with Crippen molar-refractivity contribution in [2.45, 2.75) is 6.92 Å². The lowest BCUT2D eigenvalue weighted by Gasteiger charge is -2.08. The van der Waals surface area contributed by atoms with Gasteiger partial charge < -0.3 is 19.3 Å². The molecular weight excluding hydrogens is 390 g/mol. The van der Waals surface area contributed by atoms with Crippen LogP contribution in [0.2, 0.25) is 0 Å². The van der Waals surface area contributed by atoms with E-state index in [1.165, 1.54) is 17.4 Å². The number of benzene rings is 2. The summed E-state index contributed by atoms with van der Waals surface area (Å²) >= 11 is 1.41. The summed E-state index contributed by atoms with van der Waals surface area (Å²) in [4.78, 5) is 16.2. The fourth-order valence-corrected chi connectivity index (χ4v) is 3.25. The quantitative estimate of drug-likeness (QED) is 0.404. The number of nitrogens with zero attached hydrogens (tertiary/aromatic N) is 2. The van der Waals surface area contributed by atoms with E-state index >= 15 is 0 Å². The Balaban J connectivity index is 1.45. The van der Waals surface area contributed by atoms with E-state index < -0.39 is 5.97 Å². The number of hydrogen-bond donors (Lipinski definition) is 1. The van der Waals surface area contributed by atoms with Gasteiger partial charge in [0.1, 0.15) is 17.2 Å². The third-order valence-corrected chi connectivity index (χ3v) is 4.57. The van der Waals surface area contributed by atoms with Crippen LogP contribution in [0.4, 0.5) is 10.8 Å². The van der Waals surface area contributed by atoms with Crippen molar-refractivity contribution in [3.63, 3.8) is 0 Å². The molecule has 1 N–H and O–H groups in total. The highest BCUT2D eigenvalue weighted by molar-refractivity contribution is 7.14. The summed E-state index contributed by atoms with van der Waals surface area (Å²) < 4.78 is 16.0. The second-order valence-electron chi connectivity index (χ2n) is 5.90. The fourth-order valence-electron chi connectivity index (χ4n) is 2.53. The molecule has 0 bridgehead atoms. The molecule has 8 heteroatoms. The molecule has 0 aliphatic heterocycles. The van der Waals surface area contributed by atoms with Crippen LogP contribution in [0.25, 0.3) is 11.5 Å². The maximum absolute atomic E-state index is 11.7. The number of para-hydroxylation sites is 1. The zero-order valence-electron chi connectivity index (χ0n) is 15.5. The maximum atomic E-state index is 11.7. The van der Waals surface area contributed by atoms with Gasteiger partial charge >= 0.3 is 5.97 Å². The molecule has 29 heavy (non-hydrogen) atoms. The summed E-state index contributed by atoms with van der Waals surface area (Å²) in [6, 6.07) is 18.7. The van der Waals surface area contributed by atoms with Gasteiger partial charge in [0.05, 0.1) is 6.61 Å². The summed E-state index contributed by atoms with van der Waals surface area (Å²) in [6.45, 7) is 2.01. The molecule has 4 rings (SSSR count). The molecule has 7 nitrogen and oxygen atoms in total. The second-order valence-corrected chi connectivity index (χ2v) is 6.76. The SMILES string of the molecule is CCOC(=O)c1cc(-c2csc(Nc3cccc(Oc4ccccc4)c3)n2)on1. The zero-order valence-corrected chi connectivity index (χ0v) is 16.3. The van der Waals surface area contributed by atoms with Crippen LogP contribution >= 0.6 is 11.3 Å². The Morgan fingerprint density at radius 2 is 1.93 bits per heavy atom. The molecule has 0 fully saturated rings. The lowest BCUT2D eigenvalue weighted by Crippen LogP contribution is -2.04. The Morgan fingerprint density at radius 3 is 2.76 bits per heavy atom. The number of anilines is 2. The van der Waals surface area contributed by atoms with Crippen molar-refractivity contribution in [1.29, 1.82) is 0 Å². The number of ether oxygens (including phenoxy) is 2. The first-order chi connectivity index (χ1) is 14.2. The zero-order chi connectivity index (χ0) is 20.1. The Hall–Kier alpha value is -3.65. The lowest BCUT2D eigenvalue weighted by molar-refractivity contribution is 0.0514. The average Bonchev–Trinajstić information content (AvgIpc) is 3.39. The van der Waals surface area contributed by atoms with Gasteiger partial charge in [0.2, 0.25) is 0 Å². The molecule has 2 heterocycles. The van der Waals surface area contributed by atoms with Crippen molar-refractivity contribution in [3.8, 4) is 23.0 Å². The summed E-state index contributed by atoms with van der Waals surface area (Å²) in [6.07, 6.45) is 0. The molecule has 0 unspecified atom stereocenters. The normalized spacial score (nSPS) is 10.5. The number of thiazole rings is 1. The van der Waals surface area contributed by atoms with Crippen molar-refractivity contribution < 1.29 is 18.8 Å². The summed E-state index contributed by atoms with van der Waals surface area (Å²) in [5.41, 5.74) is 1.54. The predicted octanol–water partition coefficient (Wildman–Crippen LogP) is 5.51. The second kappa shape index (κ2) is 8.57. The Morgan fingerprint density at radius 1 is 1.10 bits per heavy atom. The highest BCUT2D eigenvalue weighted by atomic mass is 32.1. The number of carbonyl (C=O) groups excluding carboxylic acids is 1. The molecule has 0 saturated heterocycles. The van der Waals surface area contributed by atoms with Crippen molar-refractivity contribution in [2.75, 3.05) is 11.9 Å². The summed E-state index contributed by atoms with van der Waals surface area (Å²) in [7, 11) is 0. The van der Waals surface area contributed by atoms with Gasteiger partial charge in [0.15, 0.2) is 16.6 Å². The molecule has 0 aliphatic carbocycles. The van der Waals surface area contributed by atoms with Crippen LogP contribution in [0.1, 0.15) is 17.4 Å². The fraction of sp³-hybridized carbons (Fsp3) is 0.0952. The van der Waals surface area contributed by atoms with Crippen LogP contribution < -0.4 is 10.1 Å². The minimum atomic E-state index is -0.522. The van der Waals surface area contributed by atoms with Crippen LogP contribution in [0.3, 0.4) is 0 Å². The van der Waals surface area contributed by atoms with E-state index in [9.17, 15) is 4.79 Å². The molecule has 2 aromatic carbocycles.